The van der Waals surface area contributed by atoms with Crippen LogP contribution < -0.4 is 14.8 Å². The molecule has 1 aliphatic heterocycles. The highest BCUT2D eigenvalue weighted by atomic mass is 32.2. The van der Waals surface area contributed by atoms with Gasteiger partial charge in [-0.1, -0.05) is 19.1 Å². The van der Waals surface area contributed by atoms with Gasteiger partial charge in [-0.2, -0.15) is 4.31 Å². The molecule has 7 nitrogen and oxygen atoms in total. The minimum absolute atomic E-state index is 0.102. The highest BCUT2D eigenvalue weighted by molar-refractivity contribution is 7.89. The summed E-state index contributed by atoms with van der Waals surface area (Å²) in [6, 6.07) is 10.4. The van der Waals surface area contributed by atoms with Crippen LogP contribution in [0, 0.1) is 19.8 Å². The first-order chi connectivity index (χ1) is 15.2. The number of aryl methyl sites for hydroxylation is 2. The molecular formula is C24H32N2O5S. The maximum atomic E-state index is 13.1. The number of rotatable bonds is 8. The molecule has 1 fully saturated rings. The zero-order valence-electron chi connectivity index (χ0n) is 19.2. The number of amides is 1. The third kappa shape index (κ3) is 5.61. The number of nitrogens with one attached hydrogen (secondary N) is 1. The van der Waals surface area contributed by atoms with Crippen LogP contribution in [0.2, 0.25) is 0 Å². The van der Waals surface area contributed by atoms with Gasteiger partial charge in [-0.25, -0.2) is 8.42 Å². The topological polar surface area (TPSA) is 84.9 Å². The van der Waals surface area contributed by atoms with E-state index in [0.717, 1.165) is 29.7 Å². The van der Waals surface area contributed by atoms with E-state index in [1.807, 2.05) is 32.0 Å². The normalized spacial score (nSPS) is 15.4. The van der Waals surface area contributed by atoms with Crippen molar-refractivity contribution in [3.05, 3.63) is 53.1 Å². The predicted octanol–water partition coefficient (Wildman–Crippen LogP) is 3.54. The molecule has 3 rings (SSSR count). The molecule has 0 unspecified atom stereocenters. The summed E-state index contributed by atoms with van der Waals surface area (Å²) in [5, 5.41) is 2.79. The highest BCUT2D eigenvalue weighted by Gasteiger charge is 2.29. The minimum Gasteiger partial charge on any atom is -0.496 e. The molecule has 1 amide bonds. The summed E-state index contributed by atoms with van der Waals surface area (Å²) in [5.74, 6) is 1.21. The Bertz CT molecular complexity index is 1060. The molecule has 0 spiro atoms. The molecule has 0 radical (unpaired) electrons. The number of piperidine rings is 1. The Morgan fingerprint density at radius 1 is 1.09 bits per heavy atom. The Morgan fingerprint density at radius 3 is 2.50 bits per heavy atom. The van der Waals surface area contributed by atoms with Crippen LogP contribution in [0.15, 0.2) is 41.3 Å². The molecule has 0 saturated carbocycles. The van der Waals surface area contributed by atoms with Crippen molar-refractivity contribution in [2.75, 3.05) is 33.4 Å². The van der Waals surface area contributed by atoms with Crippen molar-refractivity contribution >= 4 is 15.9 Å². The van der Waals surface area contributed by atoms with Gasteiger partial charge in [0.25, 0.3) is 5.91 Å². The van der Waals surface area contributed by atoms with Gasteiger partial charge < -0.3 is 14.8 Å². The number of sulfonamides is 1. The lowest BCUT2D eigenvalue weighted by atomic mass is 10.0. The van der Waals surface area contributed by atoms with Crippen molar-refractivity contribution in [1.82, 2.24) is 9.62 Å². The molecule has 8 heteroatoms. The maximum absolute atomic E-state index is 13.1. The van der Waals surface area contributed by atoms with Gasteiger partial charge in [0.15, 0.2) is 0 Å². The second-order valence-corrected chi connectivity index (χ2v) is 10.3. The molecule has 0 aliphatic carbocycles. The van der Waals surface area contributed by atoms with Crippen LogP contribution in [0.3, 0.4) is 0 Å². The van der Waals surface area contributed by atoms with E-state index >= 15 is 0 Å². The van der Waals surface area contributed by atoms with Crippen molar-refractivity contribution < 1.29 is 22.7 Å². The van der Waals surface area contributed by atoms with Crippen LogP contribution in [-0.4, -0.2) is 52.0 Å². The van der Waals surface area contributed by atoms with Gasteiger partial charge in [-0.05, 0) is 68.0 Å². The number of hydrogen-bond donors (Lipinski definition) is 1. The second-order valence-electron chi connectivity index (χ2n) is 8.32. The standard InChI is InChI=1S/C24H32N2O5S/c1-17-9-12-26(13-10-17)32(28,29)20-7-8-22(30-4)21(16-20)24(27)25-11-14-31-23-15-18(2)5-6-19(23)3/h5-8,15-17H,9-14H2,1-4H3,(H,25,27). The first-order valence-corrected chi connectivity index (χ1v) is 12.3. The average molecular weight is 461 g/mol. The molecule has 1 saturated heterocycles. The molecule has 1 aliphatic rings. The Labute approximate surface area is 190 Å². The molecule has 1 N–H and O–H groups in total. The van der Waals surface area contributed by atoms with Crippen molar-refractivity contribution in [1.29, 1.82) is 0 Å². The fourth-order valence-corrected chi connectivity index (χ4v) is 5.18. The van der Waals surface area contributed by atoms with E-state index in [4.69, 9.17) is 9.47 Å². The fraction of sp³-hybridized carbons (Fsp3) is 0.458. The van der Waals surface area contributed by atoms with Gasteiger partial charge in [0.1, 0.15) is 18.1 Å². The molecule has 1 heterocycles. The number of carbonyl (C=O) groups is 1. The summed E-state index contributed by atoms with van der Waals surface area (Å²) in [6.07, 6.45) is 1.67. The molecule has 0 aromatic heterocycles. The van der Waals surface area contributed by atoms with Gasteiger partial charge in [0, 0.05) is 13.1 Å². The van der Waals surface area contributed by atoms with Crippen LogP contribution >= 0.6 is 0 Å². The smallest absolute Gasteiger partial charge is 0.255 e. The second kappa shape index (κ2) is 10.4. The molecule has 0 bridgehead atoms. The lowest BCUT2D eigenvalue weighted by Gasteiger charge is -2.29. The van der Waals surface area contributed by atoms with E-state index in [0.29, 0.717) is 31.4 Å². The van der Waals surface area contributed by atoms with Crippen LogP contribution in [0.4, 0.5) is 0 Å². The molecule has 0 atom stereocenters. The Balaban J connectivity index is 1.68. The highest BCUT2D eigenvalue weighted by Crippen LogP contribution is 2.27. The largest absolute Gasteiger partial charge is 0.496 e. The summed E-state index contributed by atoms with van der Waals surface area (Å²) >= 11 is 0. The first kappa shape index (κ1) is 24.1. The number of methoxy groups -OCH3 is 1. The van der Waals surface area contributed by atoms with Crippen molar-refractivity contribution in [2.24, 2.45) is 5.92 Å². The van der Waals surface area contributed by atoms with Gasteiger partial charge in [0.05, 0.1) is 24.1 Å². The maximum Gasteiger partial charge on any atom is 0.255 e. The van der Waals surface area contributed by atoms with Gasteiger partial charge in [0.2, 0.25) is 10.0 Å². The Morgan fingerprint density at radius 2 is 1.81 bits per heavy atom. The zero-order chi connectivity index (χ0) is 23.3. The Kier molecular flexibility index (Phi) is 7.79. The van der Waals surface area contributed by atoms with Crippen molar-refractivity contribution in [3.63, 3.8) is 0 Å². The summed E-state index contributed by atoms with van der Waals surface area (Å²) < 4.78 is 38.7. The number of nitrogens with zero attached hydrogens (tertiary/aromatic N) is 1. The van der Waals surface area contributed by atoms with Crippen LogP contribution in [-0.2, 0) is 10.0 Å². The molecule has 174 valence electrons. The molecule has 2 aromatic rings. The number of benzene rings is 2. The monoisotopic (exact) mass is 460 g/mol. The summed E-state index contributed by atoms with van der Waals surface area (Å²) in [5.41, 5.74) is 2.31. The summed E-state index contributed by atoms with van der Waals surface area (Å²) in [4.78, 5) is 12.9. The van der Waals surface area contributed by atoms with E-state index in [9.17, 15) is 13.2 Å². The van der Waals surface area contributed by atoms with Crippen molar-refractivity contribution in [3.8, 4) is 11.5 Å². The molecule has 2 aromatic carbocycles. The fourth-order valence-electron chi connectivity index (χ4n) is 3.68. The number of hydrogen-bond acceptors (Lipinski definition) is 5. The third-order valence-electron chi connectivity index (χ3n) is 5.78. The Hall–Kier alpha value is -2.58. The summed E-state index contributed by atoms with van der Waals surface area (Å²) in [6.45, 7) is 7.64. The van der Waals surface area contributed by atoms with Crippen LogP contribution in [0.5, 0.6) is 11.5 Å². The zero-order valence-corrected chi connectivity index (χ0v) is 20.0. The van der Waals surface area contributed by atoms with E-state index < -0.39 is 15.9 Å². The SMILES string of the molecule is COc1ccc(S(=O)(=O)N2CCC(C)CC2)cc1C(=O)NCCOc1cc(C)ccc1C. The lowest BCUT2D eigenvalue weighted by Crippen LogP contribution is -2.38. The van der Waals surface area contributed by atoms with Gasteiger partial charge in [-0.3, -0.25) is 4.79 Å². The molecular weight excluding hydrogens is 428 g/mol. The van der Waals surface area contributed by atoms with E-state index in [1.54, 1.807) is 0 Å². The van der Waals surface area contributed by atoms with E-state index in [1.165, 1.54) is 29.6 Å². The quantitative estimate of drug-likeness (QED) is 0.609. The molecule has 32 heavy (non-hydrogen) atoms. The van der Waals surface area contributed by atoms with E-state index in [2.05, 4.69) is 12.2 Å². The van der Waals surface area contributed by atoms with Crippen LogP contribution in [0.25, 0.3) is 0 Å². The average Bonchev–Trinajstić information content (AvgIpc) is 2.78. The number of carbonyl (C=O) groups excluding carboxylic acids is 1. The summed E-state index contributed by atoms with van der Waals surface area (Å²) in [7, 11) is -2.21. The van der Waals surface area contributed by atoms with Gasteiger partial charge in [-0.15, -0.1) is 0 Å². The lowest BCUT2D eigenvalue weighted by molar-refractivity contribution is 0.0943. The third-order valence-corrected chi connectivity index (χ3v) is 7.68. The predicted molar refractivity (Wildman–Crippen MR) is 124 cm³/mol. The minimum atomic E-state index is -3.66. The van der Waals surface area contributed by atoms with E-state index in [-0.39, 0.29) is 17.0 Å². The van der Waals surface area contributed by atoms with Gasteiger partial charge >= 0.3 is 0 Å². The van der Waals surface area contributed by atoms with Crippen LogP contribution in [0.1, 0.15) is 41.3 Å². The van der Waals surface area contributed by atoms with Crippen molar-refractivity contribution in [2.45, 2.75) is 38.5 Å². The number of ether oxygens (including phenoxy) is 2. The first-order valence-electron chi connectivity index (χ1n) is 10.9.